The van der Waals surface area contributed by atoms with E-state index in [9.17, 15) is 9.18 Å². The number of rotatable bonds is 2. The molecule has 0 aliphatic carbocycles. The Morgan fingerprint density at radius 1 is 1.22 bits per heavy atom. The predicted octanol–water partition coefficient (Wildman–Crippen LogP) is 2.95. The predicted molar refractivity (Wildman–Crippen MR) is 66.0 cm³/mol. The van der Waals surface area contributed by atoms with Gasteiger partial charge in [0.25, 0.3) is 0 Å². The molecule has 0 radical (unpaired) electrons. The van der Waals surface area contributed by atoms with E-state index in [1.165, 1.54) is 12.1 Å². The molecule has 2 aromatic heterocycles. The molecule has 0 amide bonds. The molecule has 0 saturated heterocycles. The molecule has 0 N–H and O–H groups in total. The van der Waals surface area contributed by atoms with E-state index >= 15 is 0 Å². The summed E-state index contributed by atoms with van der Waals surface area (Å²) in [5, 5.41) is 0. The minimum Gasteiger partial charge on any atom is -0.300 e. The van der Waals surface area contributed by atoms with Gasteiger partial charge < -0.3 is 0 Å². The third kappa shape index (κ3) is 1.59. The smallest absolute Gasteiger partial charge is 0.150 e. The van der Waals surface area contributed by atoms with Crippen molar-refractivity contribution >= 4 is 11.9 Å². The summed E-state index contributed by atoms with van der Waals surface area (Å²) < 4.78 is 15.0. The van der Waals surface area contributed by atoms with Crippen molar-refractivity contribution in [3.63, 3.8) is 0 Å². The van der Waals surface area contributed by atoms with Crippen molar-refractivity contribution in [1.82, 2.24) is 9.38 Å². The van der Waals surface area contributed by atoms with Gasteiger partial charge in [0.2, 0.25) is 0 Å². The summed E-state index contributed by atoms with van der Waals surface area (Å²) in [6, 6.07) is 9.78. The van der Waals surface area contributed by atoms with Crippen molar-refractivity contribution in [3.8, 4) is 11.3 Å². The van der Waals surface area contributed by atoms with Gasteiger partial charge >= 0.3 is 0 Å². The van der Waals surface area contributed by atoms with Crippen LogP contribution in [0.15, 0.2) is 48.8 Å². The van der Waals surface area contributed by atoms with E-state index in [-0.39, 0.29) is 0 Å². The molecule has 3 rings (SSSR count). The molecular weight excluding hydrogens is 231 g/mol. The molecule has 0 atom stereocenters. The standard InChI is InChI=1S/C14H9FN2O/c15-11-4-5-12(10(8-11)9-18)13-2-1-3-14-16-6-7-17(13)14/h1-9H. The quantitative estimate of drug-likeness (QED) is 0.645. The number of aldehydes is 1. The molecule has 3 aromatic rings. The first-order chi connectivity index (χ1) is 8.79. The molecule has 0 spiro atoms. The number of hydrogen-bond acceptors (Lipinski definition) is 2. The van der Waals surface area contributed by atoms with Gasteiger partial charge in [-0.05, 0) is 30.3 Å². The number of fused-ring (bicyclic) bond motifs is 1. The Morgan fingerprint density at radius 2 is 2.11 bits per heavy atom. The van der Waals surface area contributed by atoms with E-state index < -0.39 is 5.82 Å². The first-order valence-corrected chi connectivity index (χ1v) is 5.47. The van der Waals surface area contributed by atoms with Crippen LogP contribution in [0.1, 0.15) is 10.4 Å². The van der Waals surface area contributed by atoms with Gasteiger partial charge in [-0.15, -0.1) is 0 Å². The van der Waals surface area contributed by atoms with Gasteiger partial charge in [0.15, 0.2) is 6.29 Å². The minimum atomic E-state index is -0.418. The van der Waals surface area contributed by atoms with Crippen molar-refractivity contribution in [2.45, 2.75) is 0 Å². The maximum atomic E-state index is 13.1. The fourth-order valence-electron chi connectivity index (χ4n) is 2.03. The number of nitrogens with zero attached hydrogens (tertiary/aromatic N) is 2. The summed E-state index contributed by atoms with van der Waals surface area (Å²) in [6.07, 6.45) is 4.15. The Balaban J connectivity index is 2.32. The molecule has 0 saturated carbocycles. The molecule has 0 fully saturated rings. The number of benzene rings is 1. The van der Waals surface area contributed by atoms with Gasteiger partial charge in [-0.2, -0.15) is 0 Å². The van der Waals surface area contributed by atoms with Gasteiger partial charge in [-0.3, -0.25) is 9.20 Å². The van der Waals surface area contributed by atoms with E-state index in [1.807, 2.05) is 28.8 Å². The number of hydrogen-bond donors (Lipinski definition) is 0. The molecule has 4 heteroatoms. The number of halogens is 1. The third-order valence-electron chi connectivity index (χ3n) is 2.84. The average molecular weight is 240 g/mol. The van der Waals surface area contributed by atoms with Gasteiger partial charge in [0.1, 0.15) is 11.5 Å². The molecule has 2 heterocycles. The molecule has 0 unspecified atom stereocenters. The highest BCUT2D eigenvalue weighted by molar-refractivity contribution is 5.87. The number of pyridine rings is 1. The number of aromatic nitrogens is 2. The molecule has 0 bridgehead atoms. The average Bonchev–Trinajstić information content (AvgIpc) is 2.86. The topological polar surface area (TPSA) is 34.4 Å². The second-order valence-electron chi connectivity index (χ2n) is 3.92. The molecule has 3 nitrogen and oxygen atoms in total. The van der Waals surface area contributed by atoms with Crippen LogP contribution in [0.4, 0.5) is 4.39 Å². The zero-order chi connectivity index (χ0) is 12.5. The maximum Gasteiger partial charge on any atom is 0.150 e. The second kappa shape index (κ2) is 4.07. The van der Waals surface area contributed by atoms with E-state index in [0.717, 1.165) is 11.3 Å². The Hall–Kier alpha value is -2.49. The summed E-state index contributed by atoms with van der Waals surface area (Å²) in [5.41, 5.74) is 2.62. The zero-order valence-electron chi connectivity index (χ0n) is 9.38. The van der Waals surface area contributed by atoms with Crippen LogP contribution < -0.4 is 0 Å². The first-order valence-electron chi connectivity index (χ1n) is 5.47. The van der Waals surface area contributed by atoms with Crippen molar-refractivity contribution in [2.75, 3.05) is 0 Å². The highest BCUT2D eigenvalue weighted by atomic mass is 19.1. The summed E-state index contributed by atoms with van der Waals surface area (Å²) in [7, 11) is 0. The Bertz CT molecular complexity index is 733. The largest absolute Gasteiger partial charge is 0.300 e. The lowest BCUT2D eigenvalue weighted by Crippen LogP contribution is -1.95. The van der Waals surface area contributed by atoms with Crippen molar-refractivity contribution in [2.24, 2.45) is 0 Å². The SMILES string of the molecule is O=Cc1cc(F)ccc1-c1cccc2nccn12. The second-order valence-corrected chi connectivity index (χ2v) is 3.92. The van der Waals surface area contributed by atoms with Crippen molar-refractivity contribution in [1.29, 1.82) is 0 Å². The van der Waals surface area contributed by atoms with Crippen LogP contribution in [-0.2, 0) is 0 Å². The number of carbonyl (C=O) groups is 1. The monoisotopic (exact) mass is 240 g/mol. The van der Waals surface area contributed by atoms with Crippen LogP contribution >= 0.6 is 0 Å². The van der Waals surface area contributed by atoms with Crippen LogP contribution in [0.2, 0.25) is 0 Å². The van der Waals surface area contributed by atoms with Crippen molar-refractivity contribution < 1.29 is 9.18 Å². The Labute approximate surface area is 103 Å². The highest BCUT2D eigenvalue weighted by Crippen LogP contribution is 2.24. The third-order valence-corrected chi connectivity index (χ3v) is 2.84. The lowest BCUT2D eigenvalue weighted by atomic mass is 10.0. The normalized spacial score (nSPS) is 10.7. The van der Waals surface area contributed by atoms with Gasteiger partial charge in [-0.25, -0.2) is 9.37 Å². The van der Waals surface area contributed by atoms with Crippen LogP contribution in [-0.4, -0.2) is 15.7 Å². The minimum absolute atomic E-state index is 0.330. The first kappa shape index (κ1) is 10.7. The molecule has 18 heavy (non-hydrogen) atoms. The fraction of sp³-hybridized carbons (Fsp3) is 0. The summed E-state index contributed by atoms with van der Waals surface area (Å²) in [5.74, 6) is -0.418. The van der Waals surface area contributed by atoms with E-state index in [1.54, 1.807) is 12.3 Å². The fourth-order valence-corrected chi connectivity index (χ4v) is 2.03. The molecular formula is C14H9FN2O. The van der Waals surface area contributed by atoms with Crippen LogP contribution in [0, 0.1) is 5.82 Å². The molecule has 0 aliphatic rings. The number of carbonyl (C=O) groups excluding carboxylic acids is 1. The summed E-state index contributed by atoms with van der Waals surface area (Å²) in [6.45, 7) is 0. The highest BCUT2D eigenvalue weighted by Gasteiger charge is 2.09. The molecule has 1 aromatic carbocycles. The Morgan fingerprint density at radius 3 is 2.94 bits per heavy atom. The van der Waals surface area contributed by atoms with Gasteiger partial charge in [0.05, 0.1) is 5.69 Å². The van der Waals surface area contributed by atoms with Crippen LogP contribution in [0.5, 0.6) is 0 Å². The molecule has 0 aliphatic heterocycles. The van der Waals surface area contributed by atoms with Crippen LogP contribution in [0.3, 0.4) is 0 Å². The van der Waals surface area contributed by atoms with E-state index in [0.29, 0.717) is 17.4 Å². The van der Waals surface area contributed by atoms with Gasteiger partial charge in [0, 0.05) is 23.5 Å². The zero-order valence-corrected chi connectivity index (χ0v) is 9.38. The van der Waals surface area contributed by atoms with E-state index in [2.05, 4.69) is 4.98 Å². The van der Waals surface area contributed by atoms with Crippen LogP contribution in [0.25, 0.3) is 16.9 Å². The lowest BCUT2D eigenvalue weighted by molar-refractivity contribution is 0.112. The maximum absolute atomic E-state index is 13.1. The van der Waals surface area contributed by atoms with Gasteiger partial charge in [-0.1, -0.05) is 6.07 Å². The lowest BCUT2D eigenvalue weighted by Gasteiger charge is -2.08. The Kier molecular flexibility index (Phi) is 2.41. The number of imidazole rings is 1. The van der Waals surface area contributed by atoms with Crippen molar-refractivity contribution in [3.05, 3.63) is 60.2 Å². The van der Waals surface area contributed by atoms with E-state index in [4.69, 9.17) is 0 Å². The molecule has 88 valence electrons. The summed E-state index contributed by atoms with van der Waals surface area (Å²) in [4.78, 5) is 15.2. The summed E-state index contributed by atoms with van der Waals surface area (Å²) >= 11 is 0.